The highest BCUT2D eigenvalue weighted by Gasteiger charge is 2.12. The molecule has 104 valence electrons. The first-order valence-corrected chi connectivity index (χ1v) is 6.87. The van der Waals surface area contributed by atoms with Gasteiger partial charge in [-0.15, -0.1) is 4.83 Å². The number of hydrazine groups is 1. The number of carbonyl (C=O) groups is 1. The van der Waals surface area contributed by atoms with Gasteiger partial charge in [-0.3, -0.25) is 10.2 Å². The monoisotopic (exact) mass is 292 g/mol. The summed E-state index contributed by atoms with van der Waals surface area (Å²) in [5, 5.41) is 0. The number of rotatable bonds is 5. The standard InChI is InChI=1S/C13H12N2O4S/c16-13(14-15-20(17)18)11-8-4-5-9-12(11)19-10-6-2-1-3-7-10/h1-9,20H,(H,14,16)(H,15,17,18). The molecule has 0 atom stereocenters. The van der Waals surface area contributed by atoms with Gasteiger partial charge in [0.1, 0.15) is 11.5 Å². The average Bonchev–Trinajstić information content (AvgIpc) is 2.46. The molecule has 2 aromatic carbocycles. The van der Waals surface area contributed by atoms with Crippen LogP contribution in [0.1, 0.15) is 10.4 Å². The Hall–Kier alpha value is -2.38. The average molecular weight is 292 g/mol. The number of ether oxygens (including phenoxy) is 1. The van der Waals surface area contributed by atoms with Gasteiger partial charge in [-0.25, -0.2) is 8.42 Å². The van der Waals surface area contributed by atoms with Crippen molar-refractivity contribution in [3.8, 4) is 11.5 Å². The SMILES string of the molecule is O=C(NN[SH](=O)=O)c1ccccc1Oc1ccccc1. The molecule has 0 unspecified atom stereocenters. The molecule has 0 heterocycles. The summed E-state index contributed by atoms with van der Waals surface area (Å²) in [4.78, 5) is 13.7. The highest BCUT2D eigenvalue weighted by atomic mass is 32.2. The van der Waals surface area contributed by atoms with E-state index < -0.39 is 16.8 Å². The van der Waals surface area contributed by atoms with E-state index in [1.165, 1.54) is 6.07 Å². The number of para-hydroxylation sites is 2. The summed E-state index contributed by atoms with van der Waals surface area (Å²) >= 11 is 0. The number of amides is 1. The Morgan fingerprint density at radius 3 is 2.30 bits per heavy atom. The van der Waals surface area contributed by atoms with Gasteiger partial charge in [0, 0.05) is 0 Å². The van der Waals surface area contributed by atoms with Crippen LogP contribution in [0.2, 0.25) is 0 Å². The minimum atomic E-state index is -2.90. The zero-order valence-corrected chi connectivity index (χ0v) is 11.2. The molecule has 6 nitrogen and oxygen atoms in total. The summed E-state index contributed by atoms with van der Waals surface area (Å²) in [6.45, 7) is 0. The van der Waals surface area contributed by atoms with Gasteiger partial charge in [-0.1, -0.05) is 30.3 Å². The van der Waals surface area contributed by atoms with E-state index in [0.29, 0.717) is 11.5 Å². The minimum absolute atomic E-state index is 0.223. The van der Waals surface area contributed by atoms with Crippen molar-refractivity contribution in [2.45, 2.75) is 0 Å². The summed E-state index contributed by atoms with van der Waals surface area (Å²) in [6.07, 6.45) is 0. The normalized spacial score (nSPS) is 10.2. The van der Waals surface area contributed by atoms with Gasteiger partial charge >= 0.3 is 0 Å². The third kappa shape index (κ3) is 3.81. The molecule has 0 saturated heterocycles. The van der Waals surface area contributed by atoms with E-state index in [9.17, 15) is 13.2 Å². The molecule has 0 aliphatic rings. The third-order valence-electron chi connectivity index (χ3n) is 2.36. The molecule has 0 fully saturated rings. The fraction of sp³-hybridized carbons (Fsp3) is 0. The Bertz CT molecular complexity index is 663. The van der Waals surface area contributed by atoms with Crippen LogP contribution >= 0.6 is 0 Å². The third-order valence-corrected chi connectivity index (χ3v) is 2.66. The van der Waals surface area contributed by atoms with E-state index in [0.717, 1.165) is 0 Å². The molecule has 0 bridgehead atoms. The van der Waals surface area contributed by atoms with E-state index in [2.05, 4.69) is 5.43 Å². The van der Waals surface area contributed by atoms with Gasteiger partial charge in [-0.2, -0.15) is 0 Å². The smallest absolute Gasteiger partial charge is 0.270 e. The Morgan fingerprint density at radius 2 is 1.60 bits per heavy atom. The zero-order chi connectivity index (χ0) is 14.4. The van der Waals surface area contributed by atoms with Crippen LogP contribution in [0, 0.1) is 0 Å². The van der Waals surface area contributed by atoms with Crippen molar-refractivity contribution >= 4 is 16.8 Å². The Balaban J connectivity index is 2.20. The number of benzene rings is 2. The summed E-state index contributed by atoms with van der Waals surface area (Å²) in [5.41, 5.74) is 2.28. The second-order valence-electron chi connectivity index (χ2n) is 3.73. The van der Waals surface area contributed by atoms with E-state index in [4.69, 9.17) is 4.74 Å². The molecule has 0 aliphatic carbocycles. The number of hydrogen-bond donors (Lipinski definition) is 3. The van der Waals surface area contributed by atoms with Crippen molar-refractivity contribution in [3.63, 3.8) is 0 Å². The summed E-state index contributed by atoms with van der Waals surface area (Å²) in [5.74, 6) is 0.311. The molecule has 0 saturated carbocycles. The van der Waals surface area contributed by atoms with Gasteiger partial charge in [0.15, 0.2) is 0 Å². The highest BCUT2D eigenvalue weighted by molar-refractivity contribution is 7.70. The van der Waals surface area contributed by atoms with Crippen LogP contribution in [0.5, 0.6) is 11.5 Å². The van der Waals surface area contributed by atoms with E-state index in [1.54, 1.807) is 30.3 Å². The first-order valence-electron chi connectivity index (χ1n) is 5.69. The lowest BCUT2D eigenvalue weighted by Gasteiger charge is -2.10. The van der Waals surface area contributed by atoms with Gasteiger partial charge in [0.05, 0.1) is 5.56 Å². The van der Waals surface area contributed by atoms with Crippen LogP contribution < -0.4 is 15.0 Å². The van der Waals surface area contributed by atoms with Crippen molar-refractivity contribution in [1.82, 2.24) is 10.3 Å². The maximum Gasteiger partial charge on any atom is 0.270 e. The van der Waals surface area contributed by atoms with Crippen molar-refractivity contribution < 1.29 is 17.9 Å². The maximum absolute atomic E-state index is 11.8. The molecule has 2 aromatic rings. The maximum atomic E-state index is 11.8. The Kier molecular flexibility index (Phi) is 4.70. The molecule has 0 spiro atoms. The second-order valence-corrected chi connectivity index (χ2v) is 4.47. The van der Waals surface area contributed by atoms with Crippen LogP contribution in [-0.2, 0) is 10.9 Å². The van der Waals surface area contributed by atoms with Gasteiger partial charge in [0.25, 0.3) is 5.91 Å². The minimum Gasteiger partial charge on any atom is -0.457 e. The molecule has 0 aromatic heterocycles. The Labute approximate surface area is 117 Å². The number of hydrogen-bond acceptors (Lipinski definition) is 4. The van der Waals surface area contributed by atoms with Crippen molar-refractivity contribution in [1.29, 1.82) is 0 Å². The number of carbonyl (C=O) groups excluding carboxylic acids is 1. The molecule has 1 amide bonds. The predicted octanol–water partition coefficient (Wildman–Crippen LogP) is 1.24. The fourth-order valence-corrected chi connectivity index (χ4v) is 1.72. The van der Waals surface area contributed by atoms with Crippen LogP contribution in [0.3, 0.4) is 0 Å². The molecule has 0 aliphatic heterocycles. The van der Waals surface area contributed by atoms with Crippen molar-refractivity contribution in [2.75, 3.05) is 0 Å². The highest BCUT2D eigenvalue weighted by Crippen LogP contribution is 2.24. The summed E-state index contributed by atoms with van der Waals surface area (Å²) in [6, 6.07) is 15.5. The van der Waals surface area contributed by atoms with Crippen LogP contribution in [0.15, 0.2) is 54.6 Å². The van der Waals surface area contributed by atoms with Crippen molar-refractivity contribution in [3.05, 3.63) is 60.2 Å². The molecule has 2 rings (SSSR count). The molecule has 0 radical (unpaired) electrons. The predicted molar refractivity (Wildman–Crippen MR) is 73.9 cm³/mol. The van der Waals surface area contributed by atoms with E-state index in [1.807, 2.05) is 23.0 Å². The first kappa shape index (κ1) is 14.0. The van der Waals surface area contributed by atoms with Gasteiger partial charge in [-0.05, 0) is 24.3 Å². The second kappa shape index (κ2) is 6.69. The zero-order valence-electron chi connectivity index (χ0n) is 10.3. The lowest BCUT2D eigenvalue weighted by Crippen LogP contribution is -2.36. The molecule has 20 heavy (non-hydrogen) atoms. The van der Waals surface area contributed by atoms with E-state index >= 15 is 0 Å². The fourth-order valence-electron chi connectivity index (χ4n) is 1.52. The van der Waals surface area contributed by atoms with Gasteiger partial charge < -0.3 is 4.74 Å². The quantitative estimate of drug-likeness (QED) is 0.572. The first-order chi connectivity index (χ1) is 9.66. The number of nitrogens with one attached hydrogen (secondary N) is 2. The Morgan fingerprint density at radius 1 is 0.950 bits per heavy atom. The van der Waals surface area contributed by atoms with Crippen LogP contribution in [0.4, 0.5) is 0 Å². The topological polar surface area (TPSA) is 84.5 Å². The summed E-state index contributed by atoms with van der Waals surface area (Å²) in [7, 11) is -2.90. The number of thiol groups is 1. The van der Waals surface area contributed by atoms with Gasteiger partial charge in [0.2, 0.25) is 10.9 Å². The summed E-state index contributed by atoms with van der Waals surface area (Å²) < 4.78 is 26.4. The van der Waals surface area contributed by atoms with Crippen LogP contribution in [0.25, 0.3) is 0 Å². The van der Waals surface area contributed by atoms with Crippen LogP contribution in [-0.4, -0.2) is 14.3 Å². The van der Waals surface area contributed by atoms with Crippen molar-refractivity contribution in [2.24, 2.45) is 0 Å². The lowest BCUT2D eigenvalue weighted by atomic mass is 10.2. The molecular formula is C13H12N2O4S. The molecular weight excluding hydrogens is 280 g/mol. The molecule has 2 N–H and O–H groups in total. The largest absolute Gasteiger partial charge is 0.457 e. The lowest BCUT2D eigenvalue weighted by molar-refractivity contribution is 0.0943. The molecule has 7 heteroatoms. The van der Waals surface area contributed by atoms with E-state index in [-0.39, 0.29) is 5.56 Å².